The second-order valence-corrected chi connectivity index (χ2v) is 7.23. The molecule has 0 aromatic heterocycles. The molecule has 25 heavy (non-hydrogen) atoms. The van der Waals surface area contributed by atoms with Crippen molar-refractivity contribution in [1.82, 2.24) is 4.90 Å². The third-order valence-electron chi connectivity index (χ3n) is 5.93. The van der Waals surface area contributed by atoms with Crippen molar-refractivity contribution in [3.63, 3.8) is 0 Å². The van der Waals surface area contributed by atoms with Crippen molar-refractivity contribution in [3.05, 3.63) is 59.7 Å². The second-order valence-electron chi connectivity index (χ2n) is 7.23. The van der Waals surface area contributed by atoms with E-state index in [0.29, 0.717) is 12.3 Å². The van der Waals surface area contributed by atoms with Gasteiger partial charge >= 0.3 is 0 Å². The molecule has 2 aromatic rings. The molecule has 4 heteroatoms. The molecule has 2 aliphatic heterocycles. The first-order valence-electron chi connectivity index (χ1n) is 9.08. The first-order chi connectivity index (χ1) is 12.1. The third kappa shape index (κ3) is 2.79. The number of phenolic OH excluding ortho intramolecular Hbond substituents is 1. The van der Waals surface area contributed by atoms with Gasteiger partial charge in [0.25, 0.3) is 0 Å². The Morgan fingerprint density at radius 3 is 2.80 bits per heavy atom. The first kappa shape index (κ1) is 16.4. The number of hydrogen-bond acceptors (Lipinski definition) is 4. The van der Waals surface area contributed by atoms with Gasteiger partial charge in [-0.25, -0.2) is 0 Å². The molecule has 4 nitrogen and oxygen atoms in total. The van der Waals surface area contributed by atoms with Crippen LogP contribution in [-0.2, 0) is 5.41 Å². The molecule has 2 aromatic carbocycles. The average molecular weight is 339 g/mol. The summed E-state index contributed by atoms with van der Waals surface area (Å²) in [6, 6.07) is 15.3. The molecule has 4 rings (SSSR count). The van der Waals surface area contributed by atoms with Crippen LogP contribution < -0.4 is 4.74 Å². The van der Waals surface area contributed by atoms with E-state index in [-0.39, 0.29) is 11.5 Å². The Balaban J connectivity index is 1.51. The van der Waals surface area contributed by atoms with Crippen LogP contribution in [0.5, 0.6) is 11.5 Å². The fraction of sp³-hybridized carbons (Fsp3) is 0.429. The Morgan fingerprint density at radius 1 is 1.24 bits per heavy atom. The summed E-state index contributed by atoms with van der Waals surface area (Å²) in [7, 11) is 0. The number of aliphatic hydroxyl groups is 1. The van der Waals surface area contributed by atoms with Crippen molar-refractivity contribution in [3.8, 4) is 11.5 Å². The van der Waals surface area contributed by atoms with Crippen molar-refractivity contribution in [1.29, 1.82) is 0 Å². The highest BCUT2D eigenvalue weighted by Gasteiger charge is 2.50. The highest BCUT2D eigenvalue weighted by molar-refractivity contribution is 5.49. The summed E-state index contributed by atoms with van der Waals surface area (Å²) in [4.78, 5) is 2.29. The lowest BCUT2D eigenvalue weighted by molar-refractivity contribution is 0.0165. The SMILES string of the molecule is CCC12CCN(CC(O)c3ccccc3)CC1Oc1ccc(O)cc12. The van der Waals surface area contributed by atoms with E-state index in [1.165, 1.54) is 0 Å². The maximum atomic E-state index is 10.5. The van der Waals surface area contributed by atoms with Crippen molar-refractivity contribution in [2.45, 2.75) is 37.4 Å². The van der Waals surface area contributed by atoms with Gasteiger partial charge in [0.1, 0.15) is 17.6 Å². The molecule has 3 unspecified atom stereocenters. The summed E-state index contributed by atoms with van der Waals surface area (Å²) in [5.41, 5.74) is 2.07. The highest BCUT2D eigenvalue weighted by Crippen LogP contribution is 2.50. The zero-order chi connectivity index (χ0) is 17.4. The number of ether oxygens (including phenoxy) is 1. The number of nitrogens with zero attached hydrogens (tertiary/aromatic N) is 1. The number of likely N-dealkylation sites (tertiary alicyclic amines) is 1. The second kappa shape index (κ2) is 6.36. The van der Waals surface area contributed by atoms with E-state index >= 15 is 0 Å². The van der Waals surface area contributed by atoms with Crippen LogP contribution in [0.4, 0.5) is 0 Å². The van der Waals surface area contributed by atoms with Gasteiger partial charge in [-0.2, -0.15) is 0 Å². The predicted molar refractivity (Wildman–Crippen MR) is 97.0 cm³/mol. The quantitative estimate of drug-likeness (QED) is 0.898. The summed E-state index contributed by atoms with van der Waals surface area (Å²) >= 11 is 0. The fourth-order valence-electron chi connectivity index (χ4n) is 4.43. The maximum Gasteiger partial charge on any atom is 0.124 e. The number of hydrogen-bond donors (Lipinski definition) is 2. The first-order valence-corrected chi connectivity index (χ1v) is 9.08. The lowest BCUT2D eigenvalue weighted by Crippen LogP contribution is -2.53. The van der Waals surface area contributed by atoms with Crippen molar-refractivity contribution in [2.24, 2.45) is 0 Å². The summed E-state index contributed by atoms with van der Waals surface area (Å²) in [5.74, 6) is 1.20. The Hall–Kier alpha value is -2.04. The molecule has 132 valence electrons. The van der Waals surface area contributed by atoms with Gasteiger partial charge in [-0.1, -0.05) is 37.3 Å². The van der Waals surface area contributed by atoms with E-state index < -0.39 is 6.10 Å². The van der Waals surface area contributed by atoms with Crippen molar-refractivity contribution >= 4 is 0 Å². The lowest BCUT2D eigenvalue weighted by Gasteiger charge is -2.43. The molecule has 1 saturated heterocycles. The summed E-state index contributed by atoms with van der Waals surface area (Å²) in [5, 5.41) is 20.4. The average Bonchev–Trinajstić information content (AvgIpc) is 2.96. The van der Waals surface area contributed by atoms with E-state index in [4.69, 9.17) is 4.74 Å². The number of aromatic hydroxyl groups is 1. The predicted octanol–water partition coefficient (Wildman–Crippen LogP) is 3.24. The Kier molecular flexibility index (Phi) is 4.18. The minimum Gasteiger partial charge on any atom is -0.508 e. The fourth-order valence-corrected chi connectivity index (χ4v) is 4.43. The van der Waals surface area contributed by atoms with E-state index in [0.717, 1.165) is 42.8 Å². The van der Waals surface area contributed by atoms with Gasteiger partial charge < -0.3 is 14.9 Å². The number of rotatable bonds is 4. The molecule has 0 bridgehead atoms. The topological polar surface area (TPSA) is 52.9 Å². The minimum atomic E-state index is -0.483. The van der Waals surface area contributed by atoms with E-state index in [1.54, 1.807) is 6.07 Å². The van der Waals surface area contributed by atoms with Crippen LogP contribution in [-0.4, -0.2) is 40.9 Å². The monoisotopic (exact) mass is 339 g/mol. The van der Waals surface area contributed by atoms with Crippen LogP contribution in [0.1, 0.15) is 37.0 Å². The van der Waals surface area contributed by atoms with Gasteiger partial charge in [0.15, 0.2) is 0 Å². The van der Waals surface area contributed by atoms with Crippen molar-refractivity contribution in [2.75, 3.05) is 19.6 Å². The maximum absolute atomic E-state index is 10.5. The van der Waals surface area contributed by atoms with Gasteiger partial charge in [0, 0.05) is 24.1 Å². The normalized spacial score (nSPS) is 26.6. The van der Waals surface area contributed by atoms with Crippen LogP contribution in [0.25, 0.3) is 0 Å². The molecule has 2 heterocycles. The molecule has 3 atom stereocenters. The molecule has 0 saturated carbocycles. The summed E-state index contributed by atoms with van der Waals surface area (Å²) in [6.45, 7) is 4.54. The molecule has 2 aliphatic rings. The van der Waals surface area contributed by atoms with Crippen LogP contribution >= 0.6 is 0 Å². The lowest BCUT2D eigenvalue weighted by atomic mass is 9.70. The Bertz CT molecular complexity index is 748. The molecule has 1 fully saturated rings. The molecular weight excluding hydrogens is 314 g/mol. The van der Waals surface area contributed by atoms with Crippen LogP contribution in [0.3, 0.4) is 0 Å². The molecule has 0 spiro atoms. The molecule has 0 amide bonds. The number of β-amino-alcohol motifs (C(OH)–C–C–N with tert-alkyl or cyclic N) is 1. The highest BCUT2D eigenvalue weighted by atomic mass is 16.5. The van der Waals surface area contributed by atoms with Crippen LogP contribution in [0, 0.1) is 0 Å². The van der Waals surface area contributed by atoms with Crippen molar-refractivity contribution < 1.29 is 14.9 Å². The van der Waals surface area contributed by atoms with Gasteiger partial charge in [-0.3, -0.25) is 4.90 Å². The number of fused-ring (bicyclic) bond motifs is 3. The summed E-state index contributed by atoms with van der Waals surface area (Å²) < 4.78 is 6.24. The zero-order valence-electron chi connectivity index (χ0n) is 14.6. The van der Waals surface area contributed by atoms with E-state index in [9.17, 15) is 10.2 Å². The van der Waals surface area contributed by atoms with Crippen LogP contribution in [0.15, 0.2) is 48.5 Å². The smallest absolute Gasteiger partial charge is 0.124 e. The van der Waals surface area contributed by atoms with Gasteiger partial charge in [-0.15, -0.1) is 0 Å². The number of aliphatic hydroxyl groups excluding tert-OH is 1. The standard InChI is InChI=1S/C21H25NO3/c1-2-21-10-11-22(13-18(24)15-6-4-3-5-7-15)14-20(21)25-19-9-8-16(23)12-17(19)21/h3-9,12,18,20,23-24H,2,10-11,13-14H2,1H3. The molecule has 0 radical (unpaired) electrons. The Morgan fingerprint density at radius 2 is 2.04 bits per heavy atom. The third-order valence-corrected chi connectivity index (χ3v) is 5.93. The summed E-state index contributed by atoms with van der Waals surface area (Å²) in [6.07, 6.45) is 1.56. The number of phenols is 1. The number of benzene rings is 2. The van der Waals surface area contributed by atoms with Gasteiger partial charge in [0.05, 0.1) is 6.10 Å². The molecular formula is C21H25NO3. The molecule has 2 N–H and O–H groups in total. The van der Waals surface area contributed by atoms with E-state index in [1.807, 2.05) is 42.5 Å². The van der Waals surface area contributed by atoms with E-state index in [2.05, 4.69) is 11.8 Å². The van der Waals surface area contributed by atoms with Crippen LogP contribution in [0.2, 0.25) is 0 Å². The van der Waals surface area contributed by atoms with Gasteiger partial charge in [-0.05, 0) is 43.1 Å². The largest absolute Gasteiger partial charge is 0.508 e. The number of piperidine rings is 1. The molecule has 0 aliphatic carbocycles. The van der Waals surface area contributed by atoms with Gasteiger partial charge in [0.2, 0.25) is 0 Å². The Labute approximate surface area is 148 Å². The minimum absolute atomic E-state index is 0.0255. The zero-order valence-corrected chi connectivity index (χ0v) is 14.6.